The van der Waals surface area contributed by atoms with Gasteiger partial charge in [0.2, 0.25) is 5.82 Å². The van der Waals surface area contributed by atoms with Gasteiger partial charge in [0, 0.05) is 41.6 Å². The van der Waals surface area contributed by atoms with Crippen molar-refractivity contribution in [1.29, 1.82) is 0 Å². The lowest BCUT2D eigenvalue weighted by atomic mass is 9.87. The Balaban J connectivity index is 1.41. The number of fused-ring (bicyclic) bond motifs is 3. The summed E-state index contributed by atoms with van der Waals surface area (Å²) in [4.78, 5) is 27.0. The van der Waals surface area contributed by atoms with Gasteiger partial charge in [-0.25, -0.2) is 13.4 Å². The van der Waals surface area contributed by atoms with Crippen molar-refractivity contribution in [3.8, 4) is 11.1 Å². The molecule has 14 heteroatoms. The van der Waals surface area contributed by atoms with Crippen molar-refractivity contribution in [3.05, 3.63) is 48.1 Å². The highest BCUT2D eigenvalue weighted by Gasteiger charge is 2.46. The maximum Gasteiger partial charge on any atom is 0.292 e. The molecule has 6 rings (SSSR count). The van der Waals surface area contributed by atoms with Crippen LogP contribution in [0.1, 0.15) is 73.1 Å². The molecule has 2 saturated heterocycles. The minimum absolute atomic E-state index is 0.00208. The number of hydrogen-bond acceptors (Lipinski definition) is 10. The maximum atomic E-state index is 13.1. The number of pyridine rings is 1. The first-order valence-electron chi connectivity index (χ1n) is 12.9. The number of aromatic nitrogens is 7. The van der Waals surface area contributed by atoms with Crippen molar-refractivity contribution < 1.29 is 18.3 Å². The van der Waals surface area contributed by atoms with E-state index in [1.54, 1.807) is 18.5 Å². The van der Waals surface area contributed by atoms with E-state index >= 15 is 0 Å². The van der Waals surface area contributed by atoms with E-state index in [2.05, 4.69) is 25.3 Å². The molecule has 2 aliphatic rings. The van der Waals surface area contributed by atoms with Crippen LogP contribution in [0.5, 0.6) is 0 Å². The SMILES string of the molecule is CCC(O)c1ccc(-c2cnn3c(N)c(S(C)(=O)=O)c([C@@H]4C[C@H]5CC[C@@H](C4)N5C(=O)c4nnc[nH]4)nc23)cn1. The van der Waals surface area contributed by atoms with E-state index in [4.69, 9.17) is 10.7 Å². The number of carbonyl (C=O) groups is 1. The molecule has 0 spiro atoms. The fourth-order valence-corrected chi connectivity index (χ4v) is 7.07. The summed E-state index contributed by atoms with van der Waals surface area (Å²) in [6.45, 7) is 1.87. The topological polar surface area (TPSA) is 185 Å². The molecule has 4 aromatic heterocycles. The number of aromatic amines is 1. The molecule has 0 aromatic carbocycles. The van der Waals surface area contributed by atoms with E-state index in [9.17, 15) is 18.3 Å². The van der Waals surface area contributed by atoms with E-state index in [1.807, 2.05) is 17.9 Å². The van der Waals surface area contributed by atoms with Gasteiger partial charge >= 0.3 is 0 Å². The monoisotopic (exact) mass is 551 g/mol. The van der Waals surface area contributed by atoms with Crippen LogP contribution in [-0.4, -0.2) is 77.4 Å². The molecule has 4 aromatic rings. The second-order valence-corrected chi connectivity index (χ2v) is 12.2. The molecule has 4 atom stereocenters. The molecular formula is C25H29N9O4S. The number of nitrogens with two attached hydrogens (primary N) is 1. The zero-order valence-corrected chi connectivity index (χ0v) is 22.3. The van der Waals surface area contributed by atoms with Crippen molar-refractivity contribution >= 4 is 27.2 Å². The van der Waals surface area contributed by atoms with Gasteiger partial charge in [-0.15, -0.1) is 10.2 Å². The van der Waals surface area contributed by atoms with Crippen molar-refractivity contribution in [2.45, 2.75) is 68.0 Å². The number of hydrogen-bond donors (Lipinski definition) is 3. The number of rotatable bonds is 6. The Kier molecular flexibility index (Phi) is 6.10. The van der Waals surface area contributed by atoms with Crippen LogP contribution < -0.4 is 5.73 Å². The van der Waals surface area contributed by atoms with Gasteiger partial charge < -0.3 is 20.7 Å². The first-order valence-corrected chi connectivity index (χ1v) is 14.8. The summed E-state index contributed by atoms with van der Waals surface area (Å²) >= 11 is 0. The van der Waals surface area contributed by atoms with E-state index in [-0.39, 0.29) is 40.4 Å². The van der Waals surface area contributed by atoms with Crippen LogP contribution in [-0.2, 0) is 9.84 Å². The predicted octanol–water partition coefficient (Wildman–Crippen LogP) is 1.89. The summed E-state index contributed by atoms with van der Waals surface area (Å²) in [6, 6.07) is 3.42. The Hall–Kier alpha value is -3.91. The zero-order valence-electron chi connectivity index (χ0n) is 21.5. The van der Waals surface area contributed by atoms with Crippen LogP contribution in [0.25, 0.3) is 16.8 Å². The average molecular weight is 552 g/mol. The Morgan fingerprint density at radius 2 is 1.97 bits per heavy atom. The smallest absolute Gasteiger partial charge is 0.292 e. The molecule has 0 aliphatic carbocycles. The molecule has 2 aliphatic heterocycles. The number of anilines is 1. The molecule has 2 bridgehead atoms. The lowest BCUT2D eigenvalue weighted by Crippen LogP contribution is -2.46. The van der Waals surface area contributed by atoms with Crippen molar-refractivity contribution in [2.75, 3.05) is 12.0 Å². The fraction of sp³-hybridized carbons (Fsp3) is 0.440. The molecule has 0 radical (unpaired) electrons. The second-order valence-electron chi connectivity index (χ2n) is 10.3. The summed E-state index contributed by atoms with van der Waals surface area (Å²) in [5.74, 6) is -0.226. The highest BCUT2D eigenvalue weighted by molar-refractivity contribution is 7.91. The molecule has 1 amide bonds. The number of nitrogens with one attached hydrogen (secondary N) is 1. The standard InChI is InChI=1S/C25H29N9O4S/c1-3-19(35)18-7-4-13(10-27-18)17-11-30-34-22(26)21(39(2,37)38)20(31-24(17)34)14-8-15-5-6-16(9-14)33(15)25(36)23-28-12-29-32-23/h4,7,10-12,14-16,19,35H,3,5-6,8-9,26H2,1-2H3,(H,28,29,32)/t14-,15-,16+,19?. The van der Waals surface area contributed by atoms with Gasteiger partial charge in [0.15, 0.2) is 15.5 Å². The van der Waals surface area contributed by atoms with Crippen LogP contribution in [0.2, 0.25) is 0 Å². The van der Waals surface area contributed by atoms with E-state index < -0.39 is 15.9 Å². The summed E-state index contributed by atoms with van der Waals surface area (Å²) < 4.78 is 27.3. The molecule has 4 N–H and O–H groups in total. The minimum Gasteiger partial charge on any atom is -0.387 e. The number of H-pyrrole nitrogens is 1. The quantitative estimate of drug-likeness (QED) is 0.319. The molecule has 204 valence electrons. The zero-order chi connectivity index (χ0) is 27.5. The summed E-state index contributed by atoms with van der Waals surface area (Å²) in [5.41, 5.74) is 9.21. The van der Waals surface area contributed by atoms with Gasteiger partial charge in [0.1, 0.15) is 17.0 Å². The van der Waals surface area contributed by atoms with Gasteiger partial charge in [0.25, 0.3) is 5.91 Å². The van der Waals surface area contributed by atoms with Gasteiger partial charge in [-0.2, -0.15) is 9.61 Å². The number of sulfone groups is 1. The molecule has 2 fully saturated rings. The van der Waals surface area contributed by atoms with Crippen LogP contribution in [0.3, 0.4) is 0 Å². The average Bonchev–Trinajstić information content (AvgIpc) is 3.65. The van der Waals surface area contributed by atoms with Crippen LogP contribution in [0.15, 0.2) is 35.7 Å². The summed E-state index contributed by atoms with van der Waals surface area (Å²) in [6.07, 6.45) is 8.34. The number of nitrogen functional groups attached to an aromatic ring is 1. The lowest BCUT2D eigenvalue weighted by molar-refractivity contribution is 0.0556. The molecule has 13 nitrogen and oxygen atoms in total. The first-order chi connectivity index (χ1) is 18.7. The maximum absolute atomic E-state index is 13.1. The molecule has 1 unspecified atom stereocenters. The number of amides is 1. The van der Waals surface area contributed by atoms with Gasteiger partial charge in [0.05, 0.1) is 23.7 Å². The second kappa shape index (κ2) is 9.38. The highest BCUT2D eigenvalue weighted by Crippen LogP contribution is 2.45. The normalized spacial score (nSPS) is 21.9. The van der Waals surface area contributed by atoms with Crippen LogP contribution >= 0.6 is 0 Å². The largest absolute Gasteiger partial charge is 0.387 e. The Bertz CT molecular complexity index is 1640. The third-order valence-electron chi connectivity index (χ3n) is 7.83. The van der Waals surface area contributed by atoms with Gasteiger partial charge in [-0.05, 0) is 38.2 Å². The number of nitrogens with zero attached hydrogens (tertiary/aromatic N) is 7. The first kappa shape index (κ1) is 25.4. The highest BCUT2D eigenvalue weighted by atomic mass is 32.2. The van der Waals surface area contributed by atoms with Gasteiger partial charge in [-0.1, -0.05) is 13.0 Å². The third-order valence-corrected chi connectivity index (χ3v) is 8.99. The van der Waals surface area contributed by atoms with E-state index in [0.717, 1.165) is 24.7 Å². The summed E-state index contributed by atoms with van der Waals surface area (Å²) in [7, 11) is -3.75. The molecule has 6 heterocycles. The fourth-order valence-electron chi connectivity index (χ4n) is 6.01. The predicted molar refractivity (Wildman–Crippen MR) is 140 cm³/mol. The molecule has 39 heavy (non-hydrogen) atoms. The Labute approximate surface area is 224 Å². The van der Waals surface area contributed by atoms with Crippen molar-refractivity contribution in [3.63, 3.8) is 0 Å². The number of aliphatic hydroxyl groups excluding tert-OH is 1. The Morgan fingerprint density at radius 1 is 1.23 bits per heavy atom. The minimum atomic E-state index is -3.75. The molecule has 0 saturated carbocycles. The van der Waals surface area contributed by atoms with E-state index in [0.29, 0.717) is 41.9 Å². The third kappa shape index (κ3) is 4.23. The summed E-state index contributed by atoms with van der Waals surface area (Å²) in [5, 5.41) is 22.1. The Morgan fingerprint density at radius 3 is 2.56 bits per heavy atom. The number of carbonyl (C=O) groups excluding carboxylic acids is 1. The van der Waals surface area contributed by atoms with Crippen LogP contribution in [0.4, 0.5) is 5.82 Å². The lowest BCUT2D eigenvalue weighted by Gasteiger charge is -2.38. The van der Waals surface area contributed by atoms with Crippen LogP contribution in [0, 0.1) is 0 Å². The van der Waals surface area contributed by atoms with Crippen molar-refractivity contribution in [1.82, 2.24) is 39.7 Å². The molecular weight excluding hydrogens is 522 g/mol. The van der Waals surface area contributed by atoms with Crippen molar-refractivity contribution in [2.24, 2.45) is 0 Å². The number of aliphatic hydroxyl groups is 1. The van der Waals surface area contributed by atoms with E-state index in [1.165, 1.54) is 10.8 Å². The van der Waals surface area contributed by atoms with Gasteiger partial charge in [-0.3, -0.25) is 9.78 Å². The number of piperidine rings is 1.